The monoisotopic (exact) mass is 332 g/mol. The minimum atomic E-state index is -1.47. The number of hydrogen-bond donors (Lipinski definition) is 0. The molecule has 0 spiro atoms. The topological polar surface area (TPSA) is 0 Å². The van der Waals surface area contributed by atoms with E-state index in [0.717, 1.165) is 5.41 Å². The van der Waals surface area contributed by atoms with Crippen LogP contribution in [0.4, 0.5) is 0 Å². The molecular formula is C15H32Sn. The first kappa shape index (κ1) is 14.9. The first-order valence-electron chi connectivity index (χ1n) is 7.54. The van der Waals surface area contributed by atoms with E-state index in [4.69, 9.17) is 0 Å². The Kier molecular flexibility index (Phi) is 6.18. The van der Waals surface area contributed by atoms with E-state index in [1.54, 1.807) is 21.7 Å². The maximum absolute atomic E-state index is 2.66. The van der Waals surface area contributed by atoms with Crippen molar-refractivity contribution in [3.63, 3.8) is 0 Å². The Balaban J connectivity index is 2.51. The van der Waals surface area contributed by atoms with Crippen LogP contribution in [0.15, 0.2) is 0 Å². The molecule has 0 saturated carbocycles. The summed E-state index contributed by atoms with van der Waals surface area (Å²) in [6.07, 6.45) is 12.0. The van der Waals surface area contributed by atoms with Crippen LogP contribution in [0.25, 0.3) is 0 Å². The van der Waals surface area contributed by atoms with Gasteiger partial charge in [-0.05, 0) is 0 Å². The maximum atomic E-state index is 2.66. The zero-order chi connectivity index (χ0) is 12.1. The number of unbranched alkanes of at least 4 members (excludes halogenated alkanes) is 2. The second-order valence-corrected chi connectivity index (χ2v) is 22.1. The van der Waals surface area contributed by atoms with Crippen LogP contribution in [0.1, 0.15) is 65.2 Å². The first-order valence-corrected chi connectivity index (χ1v) is 17.3. The normalized spacial score (nSPS) is 23.2. The minimum absolute atomic E-state index is 0.790. The third kappa shape index (κ3) is 4.58. The quantitative estimate of drug-likeness (QED) is 0.535. The van der Waals surface area contributed by atoms with Crippen LogP contribution in [0.2, 0.25) is 18.8 Å². The second kappa shape index (κ2) is 6.66. The molecule has 1 aliphatic rings. The molecule has 0 unspecified atom stereocenters. The Morgan fingerprint density at radius 2 is 1.31 bits per heavy atom. The Morgan fingerprint density at radius 1 is 0.875 bits per heavy atom. The van der Waals surface area contributed by atoms with E-state index in [1.165, 1.54) is 38.5 Å². The third-order valence-electron chi connectivity index (χ3n) is 4.79. The van der Waals surface area contributed by atoms with E-state index >= 15 is 0 Å². The van der Waals surface area contributed by atoms with E-state index in [1.807, 2.05) is 0 Å². The van der Waals surface area contributed by atoms with Crippen molar-refractivity contribution in [2.24, 2.45) is 5.41 Å². The molecular weight excluding hydrogens is 299 g/mol. The predicted molar refractivity (Wildman–Crippen MR) is 77.8 cm³/mol. The summed E-state index contributed by atoms with van der Waals surface area (Å²) in [7, 11) is 0. The van der Waals surface area contributed by atoms with Gasteiger partial charge in [0, 0.05) is 0 Å². The van der Waals surface area contributed by atoms with Gasteiger partial charge >= 0.3 is 108 Å². The molecule has 0 aromatic carbocycles. The molecule has 1 rings (SSSR count). The fourth-order valence-corrected chi connectivity index (χ4v) is 10.8. The molecule has 0 aromatic rings. The molecule has 96 valence electrons. The first-order chi connectivity index (χ1) is 7.54. The van der Waals surface area contributed by atoms with Crippen molar-refractivity contribution in [3.05, 3.63) is 0 Å². The van der Waals surface area contributed by atoms with Gasteiger partial charge < -0.3 is 0 Å². The van der Waals surface area contributed by atoms with Gasteiger partial charge in [0.15, 0.2) is 0 Å². The van der Waals surface area contributed by atoms with E-state index in [9.17, 15) is 0 Å². The van der Waals surface area contributed by atoms with Crippen molar-refractivity contribution in [2.45, 2.75) is 84.0 Å². The van der Waals surface area contributed by atoms with E-state index < -0.39 is 18.4 Å². The van der Waals surface area contributed by atoms with Crippen LogP contribution in [-0.2, 0) is 0 Å². The van der Waals surface area contributed by atoms with Crippen LogP contribution < -0.4 is 0 Å². The van der Waals surface area contributed by atoms with Crippen molar-refractivity contribution in [2.75, 3.05) is 0 Å². The summed E-state index contributed by atoms with van der Waals surface area (Å²) in [5.74, 6) is 0. The molecule has 16 heavy (non-hydrogen) atoms. The van der Waals surface area contributed by atoms with Gasteiger partial charge in [0.05, 0.1) is 0 Å². The van der Waals surface area contributed by atoms with E-state index in [2.05, 4.69) is 23.7 Å². The second-order valence-electron chi connectivity index (χ2n) is 6.87. The molecule has 1 heteroatoms. The molecule has 0 bridgehead atoms. The van der Waals surface area contributed by atoms with Gasteiger partial charge in [-0.25, -0.2) is 0 Å². The van der Waals surface area contributed by atoms with Gasteiger partial charge in [-0.3, -0.25) is 0 Å². The summed E-state index contributed by atoms with van der Waals surface area (Å²) >= 11 is -1.47. The fourth-order valence-electron chi connectivity index (χ4n) is 3.19. The van der Waals surface area contributed by atoms with Crippen molar-refractivity contribution in [1.29, 1.82) is 0 Å². The summed E-state index contributed by atoms with van der Waals surface area (Å²) in [5.41, 5.74) is 0.790. The summed E-state index contributed by atoms with van der Waals surface area (Å²) in [4.78, 5) is 5.33. The zero-order valence-corrected chi connectivity index (χ0v) is 14.9. The average molecular weight is 331 g/mol. The van der Waals surface area contributed by atoms with Crippen molar-refractivity contribution in [3.8, 4) is 0 Å². The molecule has 1 aliphatic heterocycles. The van der Waals surface area contributed by atoms with Gasteiger partial charge in [-0.2, -0.15) is 0 Å². The van der Waals surface area contributed by atoms with Crippen LogP contribution in [0.3, 0.4) is 0 Å². The molecule has 1 saturated heterocycles. The molecule has 0 aliphatic carbocycles. The Morgan fingerprint density at radius 3 is 1.69 bits per heavy atom. The SMILES string of the molecule is CCCCC1(CCCC)C[CH2][Sn]([CH3])([CH3])[CH2]C1. The molecule has 0 atom stereocenters. The van der Waals surface area contributed by atoms with Crippen LogP contribution in [-0.4, -0.2) is 18.4 Å². The molecule has 0 aromatic heterocycles. The van der Waals surface area contributed by atoms with Crippen molar-refractivity contribution in [1.82, 2.24) is 0 Å². The zero-order valence-electron chi connectivity index (χ0n) is 12.1. The molecule has 0 nitrogen and oxygen atoms in total. The fraction of sp³-hybridized carbons (Fsp3) is 1.00. The number of hydrogen-bond acceptors (Lipinski definition) is 0. The standard InChI is InChI=1S/C13H26.2CH3.Sn/c1-5-9-11-13(7-3,8-4)12-10-6-2;;;/h3-12H2,1-2H3;2*1H3;. The third-order valence-corrected chi connectivity index (χ3v) is 13.9. The van der Waals surface area contributed by atoms with Gasteiger partial charge in [0.2, 0.25) is 0 Å². The van der Waals surface area contributed by atoms with Crippen molar-refractivity contribution < 1.29 is 0 Å². The van der Waals surface area contributed by atoms with Crippen molar-refractivity contribution >= 4 is 18.4 Å². The summed E-state index contributed by atoms with van der Waals surface area (Å²) < 4.78 is 3.34. The Labute approximate surface area is 107 Å². The predicted octanol–water partition coefficient (Wildman–Crippen LogP) is 5.86. The van der Waals surface area contributed by atoms with Crippen LogP contribution in [0, 0.1) is 5.41 Å². The van der Waals surface area contributed by atoms with Crippen LogP contribution >= 0.6 is 0 Å². The van der Waals surface area contributed by atoms with Crippen LogP contribution in [0.5, 0.6) is 0 Å². The molecule has 0 amide bonds. The molecule has 1 fully saturated rings. The van der Waals surface area contributed by atoms with Gasteiger partial charge in [0.1, 0.15) is 0 Å². The Bertz CT molecular complexity index is 176. The van der Waals surface area contributed by atoms with E-state index in [-0.39, 0.29) is 0 Å². The Hall–Kier alpha value is 0.799. The van der Waals surface area contributed by atoms with E-state index in [0.29, 0.717) is 0 Å². The summed E-state index contributed by atoms with van der Waals surface area (Å²) in [6.45, 7) is 4.69. The molecule has 1 heterocycles. The van der Waals surface area contributed by atoms with Gasteiger partial charge in [-0.15, -0.1) is 0 Å². The summed E-state index contributed by atoms with van der Waals surface area (Å²) in [6, 6.07) is 0. The number of rotatable bonds is 6. The van der Waals surface area contributed by atoms with Gasteiger partial charge in [-0.1, -0.05) is 0 Å². The summed E-state index contributed by atoms with van der Waals surface area (Å²) in [5, 5.41) is 0. The van der Waals surface area contributed by atoms with Gasteiger partial charge in [0.25, 0.3) is 0 Å². The average Bonchev–Trinajstić information content (AvgIpc) is 2.27. The molecule has 0 N–H and O–H groups in total. The molecule has 0 radical (unpaired) electrons.